The molecule has 0 atom stereocenters. The number of aryl methyl sites for hydroxylation is 1. The summed E-state index contributed by atoms with van der Waals surface area (Å²) in [7, 11) is 1.87. The molecule has 2 rings (SSSR count). The van der Waals surface area contributed by atoms with Crippen molar-refractivity contribution in [1.82, 2.24) is 14.2 Å². The van der Waals surface area contributed by atoms with Crippen LogP contribution in [0.4, 0.5) is 5.13 Å². The van der Waals surface area contributed by atoms with Crippen molar-refractivity contribution in [2.75, 3.05) is 51.9 Å². The molecule has 0 saturated heterocycles. The highest BCUT2D eigenvalue weighted by molar-refractivity contribution is 7.88. The number of amides is 1. The smallest absolute Gasteiger partial charge is 0.244 e. The third-order valence-electron chi connectivity index (χ3n) is 4.13. The molecule has 0 bridgehead atoms. The molecule has 2 aromatic rings. The fraction of sp³-hybridized carbons (Fsp3) is 0.529. The van der Waals surface area contributed by atoms with Crippen molar-refractivity contribution in [2.45, 2.75) is 13.3 Å². The van der Waals surface area contributed by atoms with Gasteiger partial charge in [0.1, 0.15) is 0 Å². The van der Waals surface area contributed by atoms with Crippen LogP contribution in [0.2, 0.25) is 5.02 Å². The maximum absolute atomic E-state index is 12.9. The lowest BCUT2D eigenvalue weighted by Crippen LogP contribution is -2.42. The zero-order chi connectivity index (χ0) is 20.4. The lowest BCUT2D eigenvalue weighted by Gasteiger charge is -2.23. The molecule has 0 aliphatic rings. The summed E-state index contributed by atoms with van der Waals surface area (Å²) >= 11 is 7.64. The highest BCUT2D eigenvalue weighted by Gasteiger charge is 2.24. The quantitative estimate of drug-likeness (QED) is 0.595. The van der Waals surface area contributed by atoms with Crippen LogP contribution in [-0.4, -0.2) is 75.5 Å². The largest absolute Gasteiger partial charge is 0.309 e. The van der Waals surface area contributed by atoms with Gasteiger partial charge >= 0.3 is 0 Å². The number of likely N-dealkylation sites (N-methyl/N-ethyl adjacent to an activating group) is 1. The predicted octanol–water partition coefficient (Wildman–Crippen LogP) is 2.86. The van der Waals surface area contributed by atoms with Gasteiger partial charge in [0.25, 0.3) is 0 Å². The molecule has 7 nitrogen and oxygen atoms in total. The molecular weight excluding hydrogens is 443 g/mol. The predicted molar refractivity (Wildman–Crippen MR) is 120 cm³/mol. The second-order valence-corrected chi connectivity index (χ2v) is 10.2. The average Bonchev–Trinajstić information content (AvgIpc) is 3.00. The van der Waals surface area contributed by atoms with E-state index in [1.807, 2.05) is 38.1 Å². The molecule has 0 radical (unpaired) electrons. The van der Waals surface area contributed by atoms with Crippen molar-refractivity contribution in [3.05, 3.63) is 22.7 Å². The van der Waals surface area contributed by atoms with Gasteiger partial charge < -0.3 is 4.90 Å². The molecular formula is C17H26Cl2N4O3S2. The summed E-state index contributed by atoms with van der Waals surface area (Å²) in [4.78, 5) is 21.1. The lowest BCUT2D eigenvalue weighted by molar-refractivity contribution is -0.118. The van der Waals surface area contributed by atoms with Crippen molar-refractivity contribution in [1.29, 1.82) is 0 Å². The van der Waals surface area contributed by atoms with E-state index in [0.717, 1.165) is 39.3 Å². The summed E-state index contributed by atoms with van der Waals surface area (Å²) in [6.07, 6.45) is 1.82. The minimum absolute atomic E-state index is 0. The summed E-state index contributed by atoms with van der Waals surface area (Å²) < 4.78 is 25.2. The van der Waals surface area contributed by atoms with Crippen molar-refractivity contribution in [2.24, 2.45) is 0 Å². The Morgan fingerprint density at radius 2 is 1.86 bits per heavy atom. The summed E-state index contributed by atoms with van der Waals surface area (Å²) in [5.74, 6) is -0.311. The first kappa shape index (κ1) is 25.1. The number of halogens is 2. The van der Waals surface area contributed by atoms with Crippen molar-refractivity contribution >= 4 is 66.6 Å². The fourth-order valence-corrected chi connectivity index (χ4v) is 4.18. The number of hydrogen-bond acceptors (Lipinski definition) is 6. The standard InChI is InChI=1S/C17H25ClN4O3S2.ClH/c1-12-7-8-13(18)16-15(12)19-17(26-16)22(10-6-9-20(2)3)14(23)11-21(4)27(5,24)25;/h7-8H,6,9-11H2,1-5H3;1H. The summed E-state index contributed by atoms with van der Waals surface area (Å²) in [5.41, 5.74) is 1.75. The Balaban J connectivity index is 0.00000392. The second kappa shape index (κ2) is 10.2. The molecule has 0 N–H and O–H groups in total. The summed E-state index contributed by atoms with van der Waals surface area (Å²) in [5, 5.41) is 1.13. The number of hydrogen-bond donors (Lipinski definition) is 0. The number of aromatic nitrogens is 1. The van der Waals surface area contributed by atoms with Gasteiger partial charge in [0.15, 0.2) is 5.13 Å². The van der Waals surface area contributed by atoms with Crippen LogP contribution < -0.4 is 4.90 Å². The van der Waals surface area contributed by atoms with E-state index in [-0.39, 0.29) is 24.9 Å². The third kappa shape index (κ3) is 6.27. The number of fused-ring (bicyclic) bond motifs is 1. The van der Waals surface area contributed by atoms with E-state index in [1.54, 1.807) is 4.90 Å². The summed E-state index contributed by atoms with van der Waals surface area (Å²) in [6.45, 7) is 2.96. The number of anilines is 1. The lowest BCUT2D eigenvalue weighted by atomic mass is 10.2. The zero-order valence-electron chi connectivity index (χ0n) is 16.6. The highest BCUT2D eigenvalue weighted by Crippen LogP contribution is 2.35. The van der Waals surface area contributed by atoms with E-state index in [1.165, 1.54) is 18.4 Å². The zero-order valence-corrected chi connectivity index (χ0v) is 19.8. The SMILES string of the molecule is Cc1ccc(Cl)c2sc(N(CCCN(C)C)C(=O)CN(C)S(C)(=O)=O)nc12.Cl. The van der Waals surface area contributed by atoms with Gasteiger partial charge in [-0.1, -0.05) is 29.0 Å². The maximum atomic E-state index is 12.9. The minimum atomic E-state index is -3.45. The fourth-order valence-electron chi connectivity index (χ4n) is 2.47. The van der Waals surface area contributed by atoms with Crippen LogP contribution in [0, 0.1) is 6.92 Å². The molecule has 1 aromatic heterocycles. The Labute approximate surface area is 181 Å². The molecule has 1 heterocycles. The van der Waals surface area contributed by atoms with Crippen LogP contribution in [0.15, 0.2) is 12.1 Å². The Kier molecular flexibility index (Phi) is 9.11. The normalized spacial score (nSPS) is 11.9. The molecule has 28 heavy (non-hydrogen) atoms. The highest BCUT2D eigenvalue weighted by atomic mass is 35.5. The second-order valence-electron chi connectivity index (χ2n) is 6.76. The molecule has 0 fully saturated rings. The van der Waals surface area contributed by atoms with Gasteiger partial charge in [-0.05, 0) is 45.6 Å². The Morgan fingerprint density at radius 3 is 2.39 bits per heavy atom. The molecule has 0 aliphatic heterocycles. The average molecular weight is 469 g/mol. The Hall–Kier alpha value is -0.970. The first-order valence-corrected chi connectivity index (χ1v) is 11.5. The number of carbonyl (C=O) groups excluding carboxylic acids is 1. The van der Waals surface area contributed by atoms with Crippen LogP contribution in [0.25, 0.3) is 10.2 Å². The van der Waals surface area contributed by atoms with Crippen LogP contribution in [-0.2, 0) is 14.8 Å². The van der Waals surface area contributed by atoms with Crippen molar-refractivity contribution in [3.63, 3.8) is 0 Å². The number of benzene rings is 1. The minimum Gasteiger partial charge on any atom is -0.309 e. The van der Waals surface area contributed by atoms with E-state index >= 15 is 0 Å². The first-order chi connectivity index (χ1) is 12.5. The number of carbonyl (C=O) groups is 1. The van der Waals surface area contributed by atoms with Gasteiger partial charge in [0.05, 0.1) is 28.0 Å². The van der Waals surface area contributed by atoms with E-state index in [0.29, 0.717) is 16.7 Å². The monoisotopic (exact) mass is 468 g/mol. The molecule has 1 amide bonds. The van der Waals surface area contributed by atoms with Crippen molar-refractivity contribution in [3.8, 4) is 0 Å². The van der Waals surface area contributed by atoms with Crippen molar-refractivity contribution < 1.29 is 13.2 Å². The van der Waals surface area contributed by atoms with Crippen LogP contribution >= 0.6 is 35.3 Å². The first-order valence-electron chi connectivity index (χ1n) is 8.42. The van der Waals surface area contributed by atoms with E-state index in [4.69, 9.17) is 11.6 Å². The topological polar surface area (TPSA) is 73.8 Å². The molecule has 0 aliphatic carbocycles. The van der Waals surface area contributed by atoms with E-state index in [2.05, 4.69) is 4.98 Å². The van der Waals surface area contributed by atoms with E-state index in [9.17, 15) is 13.2 Å². The summed E-state index contributed by atoms with van der Waals surface area (Å²) in [6, 6.07) is 3.71. The molecule has 158 valence electrons. The molecule has 0 unspecified atom stereocenters. The Bertz CT molecular complexity index is 893. The third-order valence-corrected chi connectivity index (χ3v) is 6.93. The molecule has 0 spiro atoms. The van der Waals surface area contributed by atoms with E-state index < -0.39 is 10.0 Å². The van der Waals surface area contributed by atoms with Gasteiger partial charge in [-0.2, -0.15) is 4.31 Å². The van der Waals surface area contributed by atoms with Gasteiger partial charge in [-0.25, -0.2) is 13.4 Å². The van der Waals surface area contributed by atoms with Gasteiger partial charge in [-0.15, -0.1) is 12.4 Å². The molecule has 1 aromatic carbocycles. The number of thiazole rings is 1. The maximum Gasteiger partial charge on any atom is 0.244 e. The van der Waals surface area contributed by atoms with Gasteiger partial charge in [0, 0.05) is 13.6 Å². The van der Waals surface area contributed by atoms with Crippen LogP contribution in [0.3, 0.4) is 0 Å². The van der Waals surface area contributed by atoms with Gasteiger partial charge in [0.2, 0.25) is 15.9 Å². The molecule has 11 heteroatoms. The molecule has 0 saturated carbocycles. The van der Waals surface area contributed by atoms with Crippen LogP contribution in [0.5, 0.6) is 0 Å². The van der Waals surface area contributed by atoms with Crippen LogP contribution in [0.1, 0.15) is 12.0 Å². The number of nitrogens with zero attached hydrogens (tertiary/aromatic N) is 4. The van der Waals surface area contributed by atoms with Gasteiger partial charge in [-0.3, -0.25) is 9.69 Å². The number of rotatable bonds is 8. The Morgan fingerprint density at radius 1 is 1.21 bits per heavy atom. The number of sulfonamides is 1.